The van der Waals surface area contributed by atoms with Crippen molar-refractivity contribution in [2.24, 2.45) is 0 Å². The highest BCUT2D eigenvalue weighted by Gasteiger charge is 2.06. The number of unbranched alkanes of at least 4 members (excludes halogenated alkanes) is 5. The van der Waals surface area contributed by atoms with E-state index in [0.29, 0.717) is 5.92 Å². The lowest BCUT2D eigenvalue weighted by atomic mass is 9.92. The van der Waals surface area contributed by atoms with Gasteiger partial charge in [0.15, 0.2) is 0 Å². The van der Waals surface area contributed by atoms with Gasteiger partial charge in [-0.25, -0.2) is 0 Å². The van der Waals surface area contributed by atoms with Crippen molar-refractivity contribution in [3.8, 4) is 0 Å². The Kier molecular flexibility index (Phi) is 8.29. The Morgan fingerprint density at radius 3 is 2.33 bits per heavy atom. The first-order valence-corrected chi connectivity index (χ1v) is 7.39. The molecule has 0 nitrogen and oxygen atoms in total. The molecule has 0 saturated heterocycles. The number of rotatable bonds is 9. The van der Waals surface area contributed by atoms with Gasteiger partial charge in [-0.1, -0.05) is 87.9 Å². The van der Waals surface area contributed by atoms with E-state index in [-0.39, 0.29) is 0 Å². The van der Waals surface area contributed by atoms with Crippen molar-refractivity contribution in [2.45, 2.75) is 57.8 Å². The average molecular weight is 243 g/mol. The van der Waals surface area contributed by atoms with Crippen LogP contribution in [-0.4, -0.2) is 0 Å². The second-order valence-electron chi connectivity index (χ2n) is 5.00. The van der Waals surface area contributed by atoms with Gasteiger partial charge in [0.1, 0.15) is 0 Å². The SMILES string of the molecule is [CH2]C=CC(CCCCCCCC)c1ccccc1. The summed E-state index contributed by atoms with van der Waals surface area (Å²) < 4.78 is 0. The number of allylic oxidation sites excluding steroid dienone is 2. The fraction of sp³-hybridized carbons (Fsp3) is 0.500. The first-order valence-electron chi connectivity index (χ1n) is 7.39. The summed E-state index contributed by atoms with van der Waals surface area (Å²) in [6.07, 6.45) is 13.6. The molecule has 99 valence electrons. The van der Waals surface area contributed by atoms with Crippen LogP contribution in [0.1, 0.15) is 63.4 Å². The first-order chi connectivity index (χ1) is 8.88. The highest BCUT2D eigenvalue weighted by molar-refractivity contribution is 5.23. The van der Waals surface area contributed by atoms with Gasteiger partial charge in [0.2, 0.25) is 0 Å². The van der Waals surface area contributed by atoms with E-state index in [2.05, 4.69) is 50.3 Å². The molecule has 0 aliphatic carbocycles. The van der Waals surface area contributed by atoms with Crippen LogP contribution in [0.15, 0.2) is 42.5 Å². The molecule has 0 heterocycles. The zero-order chi connectivity index (χ0) is 13.1. The summed E-state index contributed by atoms with van der Waals surface area (Å²) in [7, 11) is 0. The number of hydrogen-bond acceptors (Lipinski definition) is 0. The second kappa shape index (κ2) is 9.94. The van der Waals surface area contributed by atoms with E-state index in [4.69, 9.17) is 0 Å². The topological polar surface area (TPSA) is 0 Å². The Labute approximate surface area is 113 Å². The lowest BCUT2D eigenvalue weighted by molar-refractivity contribution is 0.573. The predicted octanol–water partition coefficient (Wildman–Crippen LogP) is 5.91. The highest BCUT2D eigenvalue weighted by Crippen LogP contribution is 2.24. The smallest absolute Gasteiger partial charge is 0.00179 e. The van der Waals surface area contributed by atoms with Gasteiger partial charge in [0.05, 0.1) is 0 Å². The van der Waals surface area contributed by atoms with Crippen LogP contribution in [0.2, 0.25) is 0 Å². The predicted molar refractivity (Wildman–Crippen MR) is 81.7 cm³/mol. The molecule has 0 bridgehead atoms. The number of benzene rings is 1. The Morgan fingerprint density at radius 1 is 1.00 bits per heavy atom. The summed E-state index contributed by atoms with van der Waals surface area (Å²) in [6, 6.07) is 10.8. The van der Waals surface area contributed by atoms with Crippen LogP contribution in [0.3, 0.4) is 0 Å². The largest absolute Gasteiger partial charge is 0.0876 e. The van der Waals surface area contributed by atoms with E-state index < -0.39 is 0 Å². The highest BCUT2D eigenvalue weighted by atomic mass is 14.1. The van der Waals surface area contributed by atoms with Crippen molar-refractivity contribution in [1.29, 1.82) is 0 Å². The summed E-state index contributed by atoms with van der Waals surface area (Å²) in [4.78, 5) is 0. The summed E-state index contributed by atoms with van der Waals surface area (Å²) in [6.45, 7) is 6.11. The molecule has 18 heavy (non-hydrogen) atoms. The molecule has 1 rings (SSSR count). The summed E-state index contributed by atoms with van der Waals surface area (Å²) in [5.74, 6) is 0.551. The van der Waals surface area contributed by atoms with Crippen LogP contribution in [0.25, 0.3) is 0 Å². The molecule has 1 radical (unpaired) electrons. The Hall–Kier alpha value is -1.04. The van der Waals surface area contributed by atoms with Gasteiger partial charge in [0, 0.05) is 5.92 Å². The van der Waals surface area contributed by atoms with E-state index in [1.807, 2.05) is 6.08 Å². The molecular weight excluding hydrogens is 216 g/mol. The van der Waals surface area contributed by atoms with Gasteiger partial charge < -0.3 is 0 Å². The summed E-state index contributed by atoms with van der Waals surface area (Å²) in [5, 5.41) is 0. The summed E-state index contributed by atoms with van der Waals surface area (Å²) >= 11 is 0. The molecule has 0 heteroatoms. The average Bonchev–Trinajstić information content (AvgIpc) is 2.42. The Balaban J connectivity index is 2.31. The third-order valence-corrected chi connectivity index (χ3v) is 3.46. The molecule has 1 unspecified atom stereocenters. The lowest BCUT2D eigenvalue weighted by Crippen LogP contribution is -1.95. The second-order valence-corrected chi connectivity index (χ2v) is 5.00. The monoisotopic (exact) mass is 243 g/mol. The molecule has 0 spiro atoms. The molecule has 0 aliphatic rings. The van der Waals surface area contributed by atoms with Crippen molar-refractivity contribution in [2.75, 3.05) is 0 Å². The van der Waals surface area contributed by atoms with Gasteiger partial charge in [-0.05, 0) is 18.9 Å². The molecule has 0 aromatic heterocycles. The van der Waals surface area contributed by atoms with E-state index in [9.17, 15) is 0 Å². The first kappa shape index (κ1) is 15.0. The normalized spacial score (nSPS) is 13.0. The number of hydrogen-bond donors (Lipinski definition) is 0. The van der Waals surface area contributed by atoms with E-state index >= 15 is 0 Å². The zero-order valence-corrected chi connectivity index (χ0v) is 11.8. The third kappa shape index (κ3) is 6.05. The van der Waals surface area contributed by atoms with Gasteiger partial charge in [0.25, 0.3) is 0 Å². The minimum Gasteiger partial charge on any atom is -0.0876 e. The van der Waals surface area contributed by atoms with Crippen molar-refractivity contribution >= 4 is 0 Å². The van der Waals surface area contributed by atoms with E-state index in [1.54, 1.807) is 0 Å². The minimum absolute atomic E-state index is 0.551. The molecular formula is C18H27. The quantitative estimate of drug-likeness (QED) is 0.473. The van der Waals surface area contributed by atoms with Gasteiger partial charge in [-0.3, -0.25) is 0 Å². The van der Waals surface area contributed by atoms with Crippen LogP contribution in [-0.2, 0) is 0 Å². The third-order valence-electron chi connectivity index (χ3n) is 3.46. The van der Waals surface area contributed by atoms with Crippen LogP contribution in [0.4, 0.5) is 0 Å². The molecule has 0 amide bonds. The maximum atomic E-state index is 3.84. The fourth-order valence-electron chi connectivity index (χ4n) is 2.38. The van der Waals surface area contributed by atoms with Crippen LogP contribution in [0.5, 0.6) is 0 Å². The van der Waals surface area contributed by atoms with Crippen LogP contribution >= 0.6 is 0 Å². The molecule has 0 N–H and O–H groups in total. The lowest BCUT2D eigenvalue weighted by Gasteiger charge is -2.13. The zero-order valence-electron chi connectivity index (χ0n) is 11.8. The molecule has 1 aromatic carbocycles. The minimum atomic E-state index is 0.551. The molecule has 0 saturated carbocycles. The van der Waals surface area contributed by atoms with Crippen molar-refractivity contribution in [1.82, 2.24) is 0 Å². The molecule has 1 aromatic rings. The van der Waals surface area contributed by atoms with Crippen molar-refractivity contribution < 1.29 is 0 Å². The van der Waals surface area contributed by atoms with Crippen LogP contribution in [0, 0.1) is 6.92 Å². The molecule has 0 aliphatic heterocycles. The molecule has 1 atom stereocenters. The Morgan fingerprint density at radius 2 is 1.67 bits per heavy atom. The standard InChI is InChI=1S/C18H27/c1-3-5-6-7-8-10-14-17(13-4-2)18-15-11-9-12-16-18/h4,9,11-13,15-17H,2-3,5-8,10,14H2,1H3. The van der Waals surface area contributed by atoms with Gasteiger partial charge in [-0.2, -0.15) is 0 Å². The summed E-state index contributed by atoms with van der Waals surface area (Å²) in [5.41, 5.74) is 1.42. The maximum absolute atomic E-state index is 3.84. The van der Waals surface area contributed by atoms with E-state index in [1.165, 1.54) is 50.5 Å². The maximum Gasteiger partial charge on any atom is 0.00179 e. The molecule has 0 fully saturated rings. The van der Waals surface area contributed by atoms with Crippen LogP contribution < -0.4 is 0 Å². The van der Waals surface area contributed by atoms with Crippen molar-refractivity contribution in [3.05, 3.63) is 55.0 Å². The van der Waals surface area contributed by atoms with Gasteiger partial charge in [-0.15, -0.1) is 0 Å². The Bertz CT molecular complexity index is 310. The van der Waals surface area contributed by atoms with E-state index in [0.717, 1.165) is 0 Å². The van der Waals surface area contributed by atoms with Gasteiger partial charge >= 0.3 is 0 Å². The fourth-order valence-corrected chi connectivity index (χ4v) is 2.38. The van der Waals surface area contributed by atoms with Crippen molar-refractivity contribution in [3.63, 3.8) is 0 Å².